The maximum Gasteiger partial charge on any atom is 0.305 e. The smallest absolute Gasteiger partial charge is 0.305 e. The van der Waals surface area contributed by atoms with Crippen LogP contribution in [-0.4, -0.2) is 77.8 Å². The van der Waals surface area contributed by atoms with Crippen LogP contribution in [0.5, 0.6) is 0 Å². The van der Waals surface area contributed by atoms with E-state index in [-0.39, 0.29) is 36.9 Å². The van der Waals surface area contributed by atoms with E-state index in [1.807, 2.05) is 0 Å². The first-order valence-electron chi connectivity index (χ1n) is 17.1. The van der Waals surface area contributed by atoms with Gasteiger partial charge in [0, 0.05) is 19.3 Å². The minimum atomic E-state index is -4.38. The summed E-state index contributed by atoms with van der Waals surface area (Å²) in [5, 5.41) is 28.3. The lowest BCUT2D eigenvalue weighted by atomic mass is 10.1. The van der Waals surface area contributed by atoms with Crippen molar-refractivity contribution in [1.82, 2.24) is 0 Å². The van der Waals surface area contributed by atoms with Gasteiger partial charge in [0.15, 0.2) is 19.7 Å². The van der Waals surface area contributed by atoms with Gasteiger partial charge in [0.05, 0.1) is 27.2 Å². The van der Waals surface area contributed by atoms with E-state index in [1.165, 1.54) is 89.9 Å². The normalized spacial score (nSPS) is 15.2. The third kappa shape index (κ3) is 24.2. The third-order valence-electron chi connectivity index (χ3n) is 8.03. The highest BCUT2D eigenvalue weighted by atomic mass is 31.2. The molecule has 0 aliphatic heterocycles. The molecule has 0 amide bonds. The molecule has 9 nitrogen and oxygen atoms in total. The van der Waals surface area contributed by atoms with Crippen molar-refractivity contribution in [2.45, 2.75) is 160 Å². The SMILES string of the molecule is CCCCCCCCC/C=C\CCCCCCCCCCC(=O)OC[C@@H](O)COP(=O)([O-])C(CC)[N+](C)(C)CCC(O)O. The fourth-order valence-electron chi connectivity index (χ4n) is 5.33. The Hall–Kier alpha value is -0.800. The topological polar surface area (TPSA) is 136 Å². The lowest BCUT2D eigenvalue weighted by molar-refractivity contribution is -0.904. The largest absolute Gasteiger partial charge is 0.774 e. The monoisotopic (exact) mass is 635 g/mol. The van der Waals surface area contributed by atoms with Crippen LogP contribution < -0.4 is 4.89 Å². The van der Waals surface area contributed by atoms with Gasteiger partial charge in [0.25, 0.3) is 0 Å². The van der Waals surface area contributed by atoms with Gasteiger partial charge >= 0.3 is 5.97 Å². The number of nitrogens with zero attached hydrogens (tertiary/aromatic N) is 1. The summed E-state index contributed by atoms with van der Waals surface area (Å²) in [5.41, 5.74) is 0. The number of hydrogen-bond acceptors (Lipinski definition) is 8. The lowest BCUT2D eigenvalue weighted by Gasteiger charge is -2.43. The van der Waals surface area contributed by atoms with Crippen LogP contribution in [0.25, 0.3) is 0 Å². The average molecular weight is 636 g/mol. The van der Waals surface area contributed by atoms with E-state index in [1.54, 1.807) is 21.0 Å². The maximum absolute atomic E-state index is 12.7. The van der Waals surface area contributed by atoms with Gasteiger partial charge in [-0.25, -0.2) is 0 Å². The van der Waals surface area contributed by atoms with Gasteiger partial charge in [-0.15, -0.1) is 0 Å². The van der Waals surface area contributed by atoms with Crippen molar-refractivity contribution in [3.05, 3.63) is 12.2 Å². The summed E-state index contributed by atoms with van der Waals surface area (Å²) in [6.45, 7) is 3.38. The molecule has 0 aliphatic rings. The zero-order valence-corrected chi connectivity index (χ0v) is 28.8. The highest BCUT2D eigenvalue weighted by Gasteiger charge is 2.37. The van der Waals surface area contributed by atoms with E-state index in [0.29, 0.717) is 0 Å². The molecule has 0 aliphatic carbocycles. The number of allylic oxidation sites excluding steroid dienone is 2. The first-order valence-corrected chi connectivity index (χ1v) is 18.7. The van der Waals surface area contributed by atoms with E-state index in [0.717, 1.165) is 19.3 Å². The number of rotatable bonds is 30. The molecule has 2 unspecified atom stereocenters. The molecule has 256 valence electrons. The standard InChI is InChI=1S/C33H66NO8P/c1-5-7-8-9-10-11-12-13-14-15-16-17-18-19-20-21-22-23-24-25-33(38)41-28-30(35)29-42-43(39,40)31(6-2)34(3,4)27-26-32(36)37/h14-15,30-32,35-37H,5-13,16-29H2,1-4H3/b15-14-/t30-,31?/m1/s1. The molecule has 3 atom stereocenters. The predicted octanol–water partition coefficient (Wildman–Crippen LogP) is 6.57. The summed E-state index contributed by atoms with van der Waals surface area (Å²) in [4.78, 5) is 24.7. The van der Waals surface area contributed by atoms with Crippen molar-refractivity contribution in [3.63, 3.8) is 0 Å². The molecule has 43 heavy (non-hydrogen) atoms. The molecule has 0 aromatic heterocycles. The number of carbonyl (C=O) groups is 1. The molecule has 0 radical (unpaired) electrons. The summed E-state index contributed by atoms with van der Waals surface area (Å²) in [6.07, 6.45) is 23.4. The minimum absolute atomic E-state index is 0.00296. The van der Waals surface area contributed by atoms with Crippen LogP contribution in [0.15, 0.2) is 12.2 Å². The fourth-order valence-corrected chi connectivity index (χ4v) is 7.21. The number of ether oxygens (including phenoxy) is 1. The van der Waals surface area contributed by atoms with E-state index >= 15 is 0 Å². The Labute approximate surface area is 263 Å². The van der Waals surface area contributed by atoms with E-state index in [9.17, 15) is 19.4 Å². The highest BCUT2D eigenvalue weighted by molar-refractivity contribution is 7.51. The molecular formula is C33H66NO8P. The van der Waals surface area contributed by atoms with Gasteiger partial charge in [0.1, 0.15) is 12.7 Å². The second-order valence-corrected chi connectivity index (χ2v) is 14.5. The number of unbranched alkanes of at least 4 members (excludes halogenated alkanes) is 15. The minimum Gasteiger partial charge on any atom is -0.774 e. The third-order valence-corrected chi connectivity index (χ3v) is 10.3. The molecule has 0 heterocycles. The molecule has 0 bridgehead atoms. The van der Waals surface area contributed by atoms with Crippen LogP contribution >= 0.6 is 7.60 Å². The molecule has 0 saturated carbocycles. The molecule has 0 aromatic carbocycles. The van der Waals surface area contributed by atoms with Gasteiger partial charge in [-0.2, -0.15) is 0 Å². The zero-order chi connectivity index (χ0) is 32.4. The molecule has 0 spiro atoms. The number of carbonyl (C=O) groups excluding carboxylic acids is 1. The van der Waals surface area contributed by atoms with Crippen molar-refractivity contribution in [3.8, 4) is 0 Å². The molecule has 0 fully saturated rings. The first-order chi connectivity index (χ1) is 20.5. The Morgan fingerprint density at radius 3 is 1.77 bits per heavy atom. The highest BCUT2D eigenvalue weighted by Crippen LogP contribution is 2.48. The molecule has 0 rings (SSSR count). The second-order valence-electron chi connectivity index (χ2n) is 12.6. The molecular weight excluding hydrogens is 569 g/mol. The van der Waals surface area contributed by atoms with Gasteiger partial charge in [-0.05, 0) is 32.1 Å². The summed E-state index contributed by atoms with van der Waals surface area (Å²) >= 11 is 0. The second kappa shape index (κ2) is 26.4. The van der Waals surface area contributed by atoms with Gasteiger partial charge in [0.2, 0.25) is 0 Å². The Kier molecular flexibility index (Phi) is 25.9. The summed E-state index contributed by atoms with van der Waals surface area (Å²) in [6, 6.07) is 0. The van der Waals surface area contributed by atoms with Crippen LogP contribution in [0.4, 0.5) is 0 Å². The average Bonchev–Trinajstić information content (AvgIpc) is 2.95. The number of aliphatic hydroxyl groups excluding tert-OH is 2. The fraction of sp³-hybridized carbons (Fsp3) is 0.909. The summed E-state index contributed by atoms with van der Waals surface area (Å²) < 4.78 is 22.9. The Bertz CT molecular complexity index is 746. The Balaban J connectivity index is 3.80. The van der Waals surface area contributed by atoms with Crippen LogP contribution in [0.3, 0.4) is 0 Å². The van der Waals surface area contributed by atoms with Crippen molar-refractivity contribution in [2.75, 3.05) is 33.9 Å². The summed E-state index contributed by atoms with van der Waals surface area (Å²) in [5.74, 6) is -1.32. The Morgan fingerprint density at radius 1 is 0.791 bits per heavy atom. The van der Waals surface area contributed by atoms with Crippen molar-refractivity contribution in [2.24, 2.45) is 0 Å². The van der Waals surface area contributed by atoms with E-state index in [4.69, 9.17) is 19.5 Å². The lowest BCUT2D eigenvalue weighted by Crippen LogP contribution is -2.51. The maximum atomic E-state index is 12.7. The van der Waals surface area contributed by atoms with E-state index < -0.39 is 38.3 Å². The number of quaternary nitrogens is 1. The molecule has 3 N–H and O–H groups in total. The van der Waals surface area contributed by atoms with Crippen LogP contribution in [0.1, 0.15) is 142 Å². The number of aliphatic hydroxyl groups is 3. The molecule has 0 saturated heterocycles. The van der Waals surface area contributed by atoms with Gasteiger partial charge in [-0.1, -0.05) is 103 Å². The van der Waals surface area contributed by atoms with Crippen molar-refractivity contribution in [1.29, 1.82) is 0 Å². The number of esters is 1. The number of hydrogen-bond donors (Lipinski definition) is 3. The van der Waals surface area contributed by atoms with Crippen LogP contribution in [0, 0.1) is 0 Å². The van der Waals surface area contributed by atoms with Gasteiger partial charge in [-0.3, -0.25) is 4.79 Å². The van der Waals surface area contributed by atoms with Crippen molar-refractivity contribution < 1.29 is 43.3 Å². The summed E-state index contributed by atoms with van der Waals surface area (Å²) in [7, 11) is -1.02. The van der Waals surface area contributed by atoms with E-state index in [2.05, 4.69) is 19.1 Å². The zero-order valence-electron chi connectivity index (χ0n) is 27.9. The molecule has 10 heteroatoms. The predicted molar refractivity (Wildman–Crippen MR) is 172 cm³/mol. The molecule has 0 aromatic rings. The first kappa shape index (κ1) is 42.2. The Morgan fingerprint density at radius 2 is 1.28 bits per heavy atom. The van der Waals surface area contributed by atoms with Crippen molar-refractivity contribution >= 4 is 13.6 Å². The van der Waals surface area contributed by atoms with Crippen LogP contribution in [0.2, 0.25) is 0 Å². The quantitative estimate of drug-likeness (QED) is 0.0201. The van der Waals surface area contributed by atoms with Crippen LogP contribution in [-0.2, 0) is 18.6 Å². The van der Waals surface area contributed by atoms with Gasteiger partial charge < -0.3 is 38.5 Å².